The van der Waals surface area contributed by atoms with Crippen LogP contribution in [0.2, 0.25) is 0 Å². The zero-order chi connectivity index (χ0) is 19.7. The van der Waals surface area contributed by atoms with Crippen LogP contribution in [0.4, 0.5) is 0 Å². The molecule has 3 N–H and O–H groups in total. The molecule has 0 radical (unpaired) electrons. The van der Waals surface area contributed by atoms with Crippen LogP contribution in [0, 0.1) is 5.92 Å². The van der Waals surface area contributed by atoms with Crippen LogP contribution < -0.4 is 16.0 Å². The number of carbonyl (C=O) groups excluding carboxylic acids is 3. The van der Waals surface area contributed by atoms with Crippen molar-refractivity contribution in [3.05, 3.63) is 34.9 Å². The summed E-state index contributed by atoms with van der Waals surface area (Å²) in [6.07, 6.45) is 3.04. The molecule has 3 heterocycles. The number of imide groups is 1. The number of amides is 3. The van der Waals surface area contributed by atoms with Gasteiger partial charge in [0.05, 0.1) is 0 Å². The number of nitrogens with one attached hydrogen (secondary N) is 3. The molecule has 28 heavy (non-hydrogen) atoms. The monoisotopic (exact) mass is 384 g/mol. The molecule has 150 valence electrons. The van der Waals surface area contributed by atoms with E-state index in [0.29, 0.717) is 37.0 Å². The minimum atomic E-state index is -0.563. The van der Waals surface area contributed by atoms with Gasteiger partial charge in [0.25, 0.3) is 5.91 Å². The molecule has 2 fully saturated rings. The maximum atomic E-state index is 12.9. The molecular formula is C21H28N4O3. The van der Waals surface area contributed by atoms with Crippen LogP contribution in [0.5, 0.6) is 0 Å². The summed E-state index contributed by atoms with van der Waals surface area (Å²) >= 11 is 0. The van der Waals surface area contributed by atoms with Gasteiger partial charge in [-0.15, -0.1) is 0 Å². The van der Waals surface area contributed by atoms with Gasteiger partial charge in [0.1, 0.15) is 6.04 Å². The van der Waals surface area contributed by atoms with Crippen molar-refractivity contribution >= 4 is 17.7 Å². The van der Waals surface area contributed by atoms with Gasteiger partial charge in [0.2, 0.25) is 11.8 Å². The van der Waals surface area contributed by atoms with E-state index in [-0.39, 0.29) is 24.1 Å². The SMILES string of the molecule is CC(NCc1cccc2c1CN(C1CCC(=O)NC1=O)C2=O)C1CCNCC1. The first-order chi connectivity index (χ1) is 13.5. The van der Waals surface area contributed by atoms with Crippen LogP contribution in [0.3, 0.4) is 0 Å². The van der Waals surface area contributed by atoms with E-state index in [4.69, 9.17) is 0 Å². The van der Waals surface area contributed by atoms with Gasteiger partial charge in [0.15, 0.2) is 0 Å². The highest BCUT2D eigenvalue weighted by Crippen LogP contribution is 2.30. The van der Waals surface area contributed by atoms with Gasteiger partial charge < -0.3 is 15.5 Å². The zero-order valence-corrected chi connectivity index (χ0v) is 16.3. The second kappa shape index (κ2) is 8.01. The lowest BCUT2D eigenvalue weighted by atomic mass is 9.91. The molecule has 3 aliphatic heterocycles. The van der Waals surface area contributed by atoms with E-state index in [2.05, 4.69) is 28.9 Å². The Labute approximate surface area is 165 Å². The van der Waals surface area contributed by atoms with Crippen molar-refractivity contribution in [3.63, 3.8) is 0 Å². The third kappa shape index (κ3) is 3.69. The van der Waals surface area contributed by atoms with Crippen molar-refractivity contribution in [2.75, 3.05) is 13.1 Å². The first kappa shape index (κ1) is 19.1. The van der Waals surface area contributed by atoms with Crippen molar-refractivity contribution in [2.45, 2.75) is 57.8 Å². The molecule has 7 heteroatoms. The number of fused-ring (bicyclic) bond motifs is 1. The minimum absolute atomic E-state index is 0.113. The zero-order valence-electron chi connectivity index (χ0n) is 16.3. The number of piperidine rings is 2. The van der Waals surface area contributed by atoms with Crippen LogP contribution in [0.15, 0.2) is 18.2 Å². The van der Waals surface area contributed by atoms with Crippen molar-refractivity contribution < 1.29 is 14.4 Å². The second-order valence-electron chi connectivity index (χ2n) is 8.10. The number of benzene rings is 1. The average Bonchev–Trinajstić information content (AvgIpc) is 3.04. The highest BCUT2D eigenvalue weighted by atomic mass is 16.2. The van der Waals surface area contributed by atoms with Gasteiger partial charge in [-0.1, -0.05) is 12.1 Å². The predicted octanol–water partition coefficient (Wildman–Crippen LogP) is 0.925. The largest absolute Gasteiger partial charge is 0.322 e. The summed E-state index contributed by atoms with van der Waals surface area (Å²) in [5.74, 6) is -0.0730. The molecule has 4 rings (SSSR count). The number of nitrogens with zero attached hydrogens (tertiary/aromatic N) is 1. The third-order valence-corrected chi connectivity index (χ3v) is 6.38. The fraction of sp³-hybridized carbons (Fsp3) is 0.571. The normalized spacial score (nSPS) is 24.2. The van der Waals surface area contributed by atoms with E-state index in [1.807, 2.05) is 12.1 Å². The van der Waals surface area contributed by atoms with Crippen LogP contribution in [0.25, 0.3) is 0 Å². The summed E-state index contributed by atoms with van der Waals surface area (Å²) in [5, 5.41) is 9.40. The van der Waals surface area contributed by atoms with Crippen LogP contribution in [0.1, 0.15) is 54.1 Å². The van der Waals surface area contributed by atoms with Crippen molar-refractivity contribution in [1.82, 2.24) is 20.9 Å². The van der Waals surface area contributed by atoms with Crippen molar-refractivity contribution in [3.8, 4) is 0 Å². The molecule has 7 nitrogen and oxygen atoms in total. The van der Waals surface area contributed by atoms with Crippen LogP contribution in [-0.4, -0.2) is 47.8 Å². The maximum Gasteiger partial charge on any atom is 0.255 e. The topological polar surface area (TPSA) is 90.5 Å². The predicted molar refractivity (Wildman–Crippen MR) is 104 cm³/mol. The summed E-state index contributed by atoms with van der Waals surface area (Å²) in [5.41, 5.74) is 2.79. The van der Waals surface area contributed by atoms with E-state index in [9.17, 15) is 14.4 Å². The third-order valence-electron chi connectivity index (χ3n) is 6.38. The quantitative estimate of drug-likeness (QED) is 0.657. The standard InChI is InChI=1S/C21H28N4O3/c1-13(14-7-9-22-10-8-14)23-11-15-3-2-4-16-17(15)12-25(21(16)28)18-5-6-19(26)24-20(18)27/h2-4,13-14,18,22-23H,5-12H2,1H3,(H,24,26,27). The van der Waals surface area contributed by atoms with Crippen molar-refractivity contribution in [2.24, 2.45) is 5.92 Å². The first-order valence-corrected chi connectivity index (χ1v) is 10.2. The molecule has 3 amide bonds. The Morgan fingerprint density at radius 2 is 1.96 bits per heavy atom. The first-order valence-electron chi connectivity index (χ1n) is 10.2. The molecule has 1 aromatic rings. The number of hydrogen-bond acceptors (Lipinski definition) is 5. The van der Waals surface area contributed by atoms with Crippen LogP contribution >= 0.6 is 0 Å². The lowest BCUT2D eigenvalue weighted by molar-refractivity contribution is -0.136. The molecule has 2 saturated heterocycles. The smallest absolute Gasteiger partial charge is 0.255 e. The fourth-order valence-electron chi connectivity index (χ4n) is 4.60. The molecule has 0 aliphatic carbocycles. The van der Waals surface area contributed by atoms with Gasteiger partial charge in [-0.2, -0.15) is 0 Å². The van der Waals surface area contributed by atoms with Gasteiger partial charge in [-0.3, -0.25) is 19.7 Å². The Balaban J connectivity index is 1.45. The molecule has 2 atom stereocenters. The van der Waals surface area contributed by atoms with Gasteiger partial charge in [-0.25, -0.2) is 0 Å². The Morgan fingerprint density at radius 1 is 1.18 bits per heavy atom. The fourth-order valence-corrected chi connectivity index (χ4v) is 4.60. The summed E-state index contributed by atoms with van der Waals surface area (Å²) in [7, 11) is 0. The molecule has 0 spiro atoms. The lowest BCUT2D eigenvalue weighted by Crippen LogP contribution is -2.52. The van der Waals surface area contributed by atoms with E-state index in [1.54, 1.807) is 4.90 Å². The summed E-state index contributed by atoms with van der Waals surface area (Å²) in [4.78, 5) is 38.2. The Kier molecular flexibility index (Phi) is 5.46. The average molecular weight is 384 g/mol. The van der Waals surface area contributed by atoms with E-state index < -0.39 is 6.04 Å². The van der Waals surface area contributed by atoms with E-state index >= 15 is 0 Å². The van der Waals surface area contributed by atoms with E-state index in [1.165, 1.54) is 12.8 Å². The number of rotatable bonds is 5. The minimum Gasteiger partial charge on any atom is -0.322 e. The molecule has 0 aromatic heterocycles. The molecule has 2 unspecified atom stereocenters. The van der Waals surface area contributed by atoms with E-state index in [0.717, 1.165) is 24.2 Å². The summed E-state index contributed by atoms with van der Waals surface area (Å²) in [6.45, 7) is 5.53. The summed E-state index contributed by atoms with van der Waals surface area (Å²) < 4.78 is 0. The van der Waals surface area contributed by atoms with Gasteiger partial charge in [-0.05, 0) is 62.4 Å². The molecule has 3 aliphatic rings. The van der Waals surface area contributed by atoms with Gasteiger partial charge in [0, 0.05) is 31.1 Å². The lowest BCUT2D eigenvalue weighted by Gasteiger charge is -2.30. The van der Waals surface area contributed by atoms with Crippen molar-refractivity contribution in [1.29, 1.82) is 0 Å². The number of carbonyl (C=O) groups is 3. The Hall–Kier alpha value is -2.25. The number of hydrogen-bond donors (Lipinski definition) is 3. The van der Waals surface area contributed by atoms with Gasteiger partial charge >= 0.3 is 0 Å². The highest BCUT2D eigenvalue weighted by Gasteiger charge is 2.39. The molecule has 1 aromatic carbocycles. The Morgan fingerprint density at radius 3 is 2.71 bits per heavy atom. The maximum absolute atomic E-state index is 12.9. The second-order valence-corrected chi connectivity index (χ2v) is 8.10. The molecule has 0 saturated carbocycles. The molecular weight excluding hydrogens is 356 g/mol. The molecule has 0 bridgehead atoms. The highest BCUT2D eigenvalue weighted by molar-refractivity contribution is 6.05. The summed E-state index contributed by atoms with van der Waals surface area (Å²) in [6, 6.07) is 5.66. The Bertz CT molecular complexity index is 788. The van der Waals surface area contributed by atoms with Crippen LogP contribution in [-0.2, 0) is 22.7 Å².